The molecule has 8 rings (SSSR count). The van der Waals surface area contributed by atoms with Crippen LogP contribution in [0.5, 0.6) is 0 Å². The molecule has 0 radical (unpaired) electrons. The van der Waals surface area contributed by atoms with Gasteiger partial charge in [-0.1, -0.05) is 41.2 Å². The van der Waals surface area contributed by atoms with Crippen LogP contribution in [0.25, 0.3) is 0 Å². The Hall–Kier alpha value is -0.580. The maximum absolute atomic E-state index is 12.6. The highest BCUT2D eigenvalue weighted by molar-refractivity contribution is 5.34. The Morgan fingerprint density at radius 3 is 2.30 bits per heavy atom. The Bertz CT molecular complexity index is 1210. The first-order valence-corrected chi connectivity index (χ1v) is 17.1. The van der Waals surface area contributed by atoms with E-state index in [9.17, 15) is 20.4 Å². The third kappa shape index (κ3) is 3.26. The zero-order valence-electron chi connectivity index (χ0n) is 26.9. The monoisotopic (exact) mass is 602 g/mol. The molecular formula is C35H54O8. The van der Waals surface area contributed by atoms with Gasteiger partial charge in [0.2, 0.25) is 0 Å². The molecule has 0 aromatic rings. The molecule has 242 valence electrons. The van der Waals surface area contributed by atoms with Gasteiger partial charge >= 0.3 is 0 Å². The largest absolute Gasteiger partial charge is 0.388 e. The lowest BCUT2D eigenvalue weighted by Crippen LogP contribution is -2.61. The number of rotatable bonds is 3. The lowest BCUT2D eigenvalue weighted by molar-refractivity contribution is -0.303. The molecule has 4 N–H and O–H groups in total. The van der Waals surface area contributed by atoms with E-state index in [1.165, 1.54) is 12.8 Å². The lowest BCUT2D eigenvalue weighted by Gasteiger charge is -2.63. The van der Waals surface area contributed by atoms with Gasteiger partial charge in [0.15, 0.2) is 12.1 Å². The maximum atomic E-state index is 12.6. The van der Waals surface area contributed by atoms with Crippen LogP contribution in [0.15, 0.2) is 12.2 Å². The van der Waals surface area contributed by atoms with Gasteiger partial charge in [-0.3, -0.25) is 0 Å². The molecule has 0 aromatic carbocycles. The molecule has 3 saturated heterocycles. The Morgan fingerprint density at radius 1 is 0.884 bits per heavy atom. The number of ether oxygens (including phenoxy) is 4. The van der Waals surface area contributed by atoms with Crippen LogP contribution in [0.2, 0.25) is 0 Å². The minimum atomic E-state index is -1.27. The molecule has 3 heterocycles. The first-order chi connectivity index (χ1) is 20.1. The van der Waals surface area contributed by atoms with Crippen LogP contribution in [0.3, 0.4) is 0 Å². The maximum Gasteiger partial charge on any atom is 0.199 e. The minimum absolute atomic E-state index is 0.0326. The van der Waals surface area contributed by atoms with Gasteiger partial charge < -0.3 is 39.4 Å². The van der Waals surface area contributed by atoms with Gasteiger partial charge in [0.1, 0.15) is 30.5 Å². The van der Waals surface area contributed by atoms with Crippen molar-refractivity contribution in [2.24, 2.45) is 50.7 Å². The standard InChI is InChI=1S/C35H54O8/c1-17(2)26-20-14-18(3)27-31(6)12-13-34-16-33(34)11-10-23(41-28-25(38)24(37)19(36)15-40-28)30(4,5)21(33)8-9-22(34)32(31,7)29(39)35(27,42-20)43-26/h18-29,36-39H,1,8-16H2,2-7H3/t18-,19-,20-,21+,22+,23-,24+,25-,26-,27?,28+,29+,31-,32-,33-,34?,35+/m1/s1. The van der Waals surface area contributed by atoms with E-state index in [1.54, 1.807) is 0 Å². The number of hydrogen-bond donors (Lipinski definition) is 4. The van der Waals surface area contributed by atoms with Crippen LogP contribution in [0, 0.1) is 50.7 Å². The number of aliphatic hydroxyl groups is 4. The first-order valence-electron chi connectivity index (χ1n) is 17.1. The predicted molar refractivity (Wildman–Crippen MR) is 157 cm³/mol. The average Bonchev–Trinajstić information content (AvgIpc) is 3.46. The number of fused-ring (bicyclic) bond motifs is 4. The molecule has 2 unspecified atom stereocenters. The summed E-state index contributed by atoms with van der Waals surface area (Å²) in [4.78, 5) is 0. The Labute approximate surface area is 256 Å². The molecule has 43 heavy (non-hydrogen) atoms. The van der Waals surface area contributed by atoms with Crippen LogP contribution in [0.4, 0.5) is 0 Å². The smallest absolute Gasteiger partial charge is 0.199 e. The van der Waals surface area contributed by atoms with Crippen LogP contribution < -0.4 is 0 Å². The summed E-state index contributed by atoms with van der Waals surface area (Å²) >= 11 is 0. The summed E-state index contributed by atoms with van der Waals surface area (Å²) < 4.78 is 25.9. The SMILES string of the molecule is C=C(C)[C@H]1O[C@@]23O[C@@H]1C[C@@H](C)C2[C@@]1(C)CCC24C[C@@]25CC[C@@H](O[C@@H]2OC[C@@H](O)[C@H](O)[C@H]2O)C(C)(C)[C@@H]5CC[C@H]4[C@]1(C)[C@@H]3O. The van der Waals surface area contributed by atoms with Crippen molar-refractivity contribution in [2.75, 3.05) is 6.61 Å². The zero-order chi connectivity index (χ0) is 30.7. The average molecular weight is 603 g/mol. The minimum Gasteiger partial charge on any atom is -0.388 e. The molecule has 3 aliphatic heterocycles. The molecule has 8 nitrogen and oxygen atoms in total. The van der Waals surface area contributed by atoms with E-state index in [0.29, 0.717) is 17.8 Å². The Balaban J connectivity index is 1.10. The normalized spacial score (nSPS) is 62.8. The molecule has 0 aromatic heterocycles. The third-order valence-corrected chi connectivity index (χ3v) is 15.7. The summed E-state index contributed by atoms with van der Waals surface area (Å²) in [6.45, 7) is 18.1. The van der Waals surface area contributed by atoms with Gasteiger partial charge in [0, 0.05) is 11.3 Å². The second kappa shape index (κ2) is 8.85. The quantitative estimate of drug-likeness (QED) is 0.284. The van der Waals surface area contributed by atoms with Gasteiger partial charge in [-0.05, 0) is 103 Å². The van der Waals surface area contributed by atoms with Crippen LogP contribution in [0.1, 0.15) is 92.9 Å². The fourth-order valence-corrected chi connectivity index (χ4v) is 13.8. The van der Waals surface area contributed by atoms with Crippen molar-refractivity contribution < 1.29 is 39.4 Å². The molecule has 0 amide bonds. The second-order valence-corrected chi connectivity index (χ2v) is 17.5. The fourth-order valence-electron chi connectivity index (χ4n) is 13.8. The Kier molecular flexibility index (Phi) is 6.14. The summed E-state index contributed by atoms with van der Waals surface area (Å²) in [5.74, 6) is 0.477. The lowest BCUT2D eigenvalue weighted by atomic mass is 9.41. The predicted octanol–water partition coefficient (Wildman–Crippen LogP) is 3.93. The Morgan fingerprint density at radius 2 is 1.58 bits per heavy atom. The summed E-state index contributed by atoms with van der Waals surface area (Å²) in [5, 5.41) is 43.4. The molecule has 8 aliphatic rings. The molecule has 2 bridgehead atoms. The zero-order valence-corrected chi connectivity index (χ0v) is 26.9. The van der Waals surface area contributed by atoms with Crippen molar-refractivity contribution in [3.05, 3.63) is 12.2 Å². The molecule has 8 fully saturated rings. The van der Waals surface area contributed by atoms with Gasteiger partial charge in [-0.2, -0.15) is 0 Å². The summed E-state index contributed by atoms with van der Waals surface area (Å²) in [7, 11) is 0. The molecule has 8 heteroatoms. The highest BCUT2D eigenvalue weighted by Gasteiger charge is 2.88. The van der Waals surface area contributed by atoms with E-state index in [1.807, 2.05) is 6.92 Å². The van der Waals surface area contributed by atoms with E-state index in [2.05, 4.69) is 41.2 Å². The van der Waals surface area contributed by atoms with Crippen LogP contribution >= 0.6 is 0 Å². The van der Waals surface area contributed by atoms with E-state index in [-0.39, 0.29) is 57.9 Å². The van der Waals surface area contributed by atoms with Crippen molar-refractivity contribution >= 4 is 0 Å². The molecule has 3 spiro atoms. The molecular weight excluding hydrogens is 548 g/mol. The van der Waals surface area contributed by atoms with E-state index in [4.69, 9.17) is 18.9 Å². The first kappa shape index (κ1) is 29.8. The van der Waals surface area contributed by atoms with Crippen molar-refractivity contribution in [3.8, 4) is 0 Å². The van der Waals surface area contributed by atoms with Crippen molar-refractivity contribution in [3.63, 3.8) is 0 Å². The van der Waals surface area contributed by atoms with Gasteiger partial charge in [-0.25, -0.2) is 0 Å². The highest BCUT2D eigenvalue weighted by atomic mass is 16.8. The fraction of sp³-hybridized carbons (Fsp3) is 0.943. The topological polar surface area (TPSA) is 118 Å². The van der Waals surface area contributed by atoms with E-state index >= 15 is 0 Å². The molecule has 5 saturated carbocycles. The van der Waals surface area contributed by atoms with Crippen molar-refractivity contribution in [1.82, 2.24) is 0 Å². The summed E-state index contributed by atoms with van der Waals surface area (Å²) in [6.07, 6.45) is 2.97. The van der Waals surface area contributed by atoms with Gasteiger partial charge in [0.25, 0.3) is 0 Å². The van der Waals surface area contributed by atoms with Crippen LogP contribution in [-0.2, 0) is 18.9 Å². The number of hydrogen-bond acceptors (Lipinski definition) is 8. The van der Waals surface area contributed by atoms with Gasteiger partial charge in [-0.15, -0.1) is 0 Å². The van der Waals surface area contributed by atoms with E-state index in [0.717, 1.165) is 44.1 Å². The molecule has 5 aliphatic carbocycles. The third-order valence-electron chi connectivity index (χ3n) is 15.7. The summed E-state index contributed by atoms with van der Waals surface area (Å²) in [6, 6.07) is 0. The molecule has 17 atom stereocenters. The van der Waals surface area contributed by atoms with Crippen LogP contribution in [-0.4, -0.2) is 81.8 Å². The summed E-state index contributed by atoms with van der Waals surface area (Å²) in [5.41, 5.74) is 0.877. The van der Waals surface area contributed by atoms with Crippen molar-refractivity contribution in [2.45, 2.75) is 148 Å². The highest BCUT2D eigenvalue weighted by Crippen LogP contribution is 2.90. The number of aliphatic hydroxyl groups excluding tert-OH is 4. The van der Waals surface area contributed by atoms with Gasteiger partial charge in [0.05, 0.1) is 18.8 Å². The second-order valence-electron chi connectivity index (χ2n) is 17.5. The van der Waals surface area contributed by atoms with Crippen molar-refractivity contribution in [1.29, 1.82) is 0 Å². The van der Waals surface area contributed by atoms with E-state index < -0.39 is 36.5 Å².